The lowest BCUT2D eigenvalue weighted by atomic mass is 9.33. The maximum Gasteiger partial charge on any atom is 0.252 e. The van der Waals surface area contributed by atoms with Gasteiger partial charge in [0.2, 0.25) is 0 Å². The van der Waals surface area contributed by atoms with Crippen molar-refractivity contribution in [2.45, 2.75) is 33.1 Å². The van der Waals surface area contributed by atoms with Gasteiger partial charge in [0.1, 0.15) is 11.5 Å². The fraction of sp³-hybridized carbons (Fsp3) is 0.0847. The third kappa shape index (κ3) is 5.99. The largest absolute Gasteiger partial charge is 0.457 e. The fourth-order valence-electron chi connectivity index (χ4n) is 10.5. The Labute approximate surface area is 376 Å². The number of aryl methyl sites for hydroxylation is 2. The lowest BCUT2D eigenvalue weighted by Crippen LogP contribution is -2.61. The van der Waals surface area contributed by atoms with Crippen LogP contribution in [-0.4, -0.2) is 6.71 Å². The molecule has 306 valence electrons. The molecule has 3 aliphatic rings. The van der Waals surface area contributed by atoms with Crippen LogP contribution in [0.3, 0.4) is 0 Å². The predicted octanol–water partition coefficient (Wildman–Crippen LogP) is 14.0. The van der Waals surface area contributed by atoms with Gasteiger partial charge >= 0.3 is 0 Å². The molecule has 0 atom stereocenters. The normalized spacial score (nSPS) is 13.8. The summed E-state index contributed by atoms with van der Waals surface area (Å²) in [6.45, 7) is 8.99. The molecule has 0 saturated carbocycles. The SMILES string of the molecule is Cc1ccc(N2c3ccc(C)cc3B3c4ccc(N(c5ccccc5)c5ccc6c(c5)C(C)(C)c5ccccc5O6)cc4N(c4ccc(-c5ccccc5)cc4)c4cccc2c43)cc1. The Morgan fingerprint density at radius 3 is 1.77 bits per heavy atom. The van der Waals surface area contributed by atoms with E-state index in [1.165, 1.54) is 61.3 Å². The number of fused-ring (bicyclic) bond motifs is 6. The first kappa shape index (κ1) is 38.0. The monoisotopic (exact) mass is 823 g/mol. The first-order valence-electron chi connectivity index (χ1n) is 22.3. The molecule has 0 amide bonds. The van der Waals surface area contributed by atoms with E-state index in [-0.39, 0.29) is 12.1 Å². The third-order valence-electron chi connectivity index (χ3n) is 13.6. The summed E-state index contributed by atoms with van der Waals surface area (Å²) in [5.74, 6) is 1.82. The Balaban J connectivity index is 1.08. The van der Waals surface area contributed by atoms with E-state index in [0.717, 1.165) is 51.2 Å². The Morgan fingerprint density at radius 1 is 0.422 bits per heavy atom. The Morgan fingerprint density at radius 2 is 1.02 bits per heavy atom. The van der Waals surface area contributed by atoms with Gasteiger partial charge in [-0.3, -0.25) is 0 Å². The number of benzene rings is 9. The van der Waals surface area contributed by atoms with Crippen LogP contribution in [0.5, 0.6) is 11.5 Å². The summed E-state index contributed by atoms with van der Waals surface area (Å²) in [5, 5.41) is 0. The van der Waals surface area contributed by atoms with Gasteiger partial charge in [-0.15, -0.1) is 0 Å². The summed E-state index contributed by atoms with van der Waals surface area (Å²) in [7, 11) is 0. The van der Waals surface area contributed by atoms with Crippen LogP contribution in [0, 0.1) is 13.8 Å². The molecule has 3 aliphatic heterocycles. The molecule has 0 N–H and O–H groups in total. The molecule has 0 spiro atoms. The highest BCUT2D eigenvalue weighted by Crippen LogP contribution is 2.51. The summed E-state index contributed by atoms with van der Waals surface area (Å²) in [6.07, 6.45) is 0. The van der Waals surface area contributed by atoms with Crippen molar-refractivity contribution in [3.8, 4) is 22.6 Å². The van der Waals surface area contributed by atoms with E-state index in [1.807, 2.05) is 0 Å². The number of hydrogen-bond acceptors (Lipinski definition) is 4. The summed E-state index contributed by atoms with van der Waals surface area (Å²) < 4.78 is 6.56. The highest BCUT2D eigenvalue weighted by Gasteiger charge is 2.43. The number of hydrogen-bond donors (Lipinski definition) is 0. The quantitative estimate of drug-likeness (QED) is 0.156. The molecule has 0 fully saturated rings. The molecule has 9 aromatic rings. The minimum atomic E-state index is -0.262. The van der Waals surface area contributed by atoms with Gasteiger partial charge in [-0.25, -0.2) is 0 Å². The average Bonchev–Trinajstić information content (AvgIpc) is 3.33. The van der Waals surface area contributed by atoms with Gasteiger partial charge in [-0.05, 0) is 132 Å². The second-order valence-electron chi connectivity index (χ2n) is 17.9. The van der Waals surface area contributed by atoms with Crippen LogP contribution in [-0.2, 0) is 5.41 Å². The first-order chi connectivity index (χ1) is 31.3. The molecule has 4 nitrogen and oxygen atoms in total. The summed E-state index contributed by atoms with van der Waals surface area (Å²) >= 11 is 0. The van der Waals surface area contributed by atoms with E-state index in [4.69, 9.17) is 4.74 Å². The molecule has 12 rings (SSSR count). The molecule has 0 aromatic heterocycles. The van der Waals surface area contributed by atoms with E-state index in [2.05, 4.69) is 249 Å². The zero-order valence-electron chi connectivity index (χ0n) is 36.5. The number of para-hydroxylation sites is 2. The fourth-order valence-corrected chi connectivity index (χ4v) is 10.5. The van der Waals surface area contributed by atoms with Gasteiger partial charge in [-0.1, -0.05) is 140 Å². The second-order valence-corrected chi connectivity index (χ2v) is 17.9. The lowest BCUT2D eigenvalue weighted by Gasteiger charge is -2.44. The number of rotatable bonds is 6. The van der Waals surface area contributed by atoms with Gasteiger partial charge in [0.05, 0.1) is 0 Å². The van der Waals surface area contributed by atoms with Gasteiger partial charge in [0, 0.05) is 67.7 Å². The van der Waals surface area contributed by atoms with Crippen molar-refractivity contribution in [2.24, 2.45) is 0 Å². The van der Waals surface area contributed by atoms with E-state index in [1.54, 1.807) is 0 Å². The average molecular weight is 824 g/mol. The molecule has 3 heterocycles. The highest BCUT2D eigenvalue weighted by atomic mass is 16.5. The van der Waals surface area contributed by atoms with Crippen LogP contribution in [0.2, 0.25) is 0 Å². The van der Waals surface area contributed by atoms with E-state index < -0.39 is 0 Å². The van der Waals surface area contributed by atoms with E-state index in [9.17, 15) is 0 Å². The van der Waals surface area contributed by atoms with Gasteiger partial charge in [0.25, 0.3) is 6.71 Å². The van der Waals surface area contributed by atoms with Crippen LogP contribution in [0.15, 0.2) is 206 Å². The maximum absolute atomic E-state index is 6.56. The number of anilines is 9. The van der Waals surface area contributed by atoms with Crippen molar-refractivity contribution in [1.29, 1.82) is 0 Å². The van der Waals surface area contributed by atoms with Crippen LogP contribution in [0.4, 0.5) is 51.2 Å². The van der Waals surface area contributed by atoms with Crippen molar-refractivity contribution in [2.75, 3.05) is 14.7 Å². The molecular formula is C59H46BN3O. The van der Waals surface area contributed by atoms with Crippen LogP contribution in [0.25, 0.3) is 11.1 Å². The summed E-state index contributed by atoms with van der Waals surface area (Å²) in [4.78, 5) is 7.37. The van der Waals surface area contributed by atoms with Crippen molar-refractivity contribution in [3.05, 3.63) is 229 Å². The zero-order valence-corrected chi connectivity index (χ0v) is 36.5. The zero-order chi connectivity index (χ0) is 43.1. The van der Waals surface area contributed by atoms with Crippen LogP contribution < -0.4 is 35.8 Å². The minimum Gasteiger partial charge on any atom is -0.457 e. The van der Waals surface area contributed by atoms with Crippen molar-refractivity contribution >= 4 is 74.3 Å². The highest BCUT2D eigenvalue weighted by molar-refractivity contribution is 7.00. The summed E-state index contributed by atoms with van der Waals surface area (Å²) in [6, 6.07) is 75.5. The van der Waals surface area contributed by atoms with Gasteiger partial charge in [-0.2, -0.15) is 0 Å². The van der Waals surface area contributed by atoms with Gasteiger partial charge in [0.15, 0.2) is 0 Å². The van der Waals surface area contributed by atoms with E-state index >= 15 is 0 Å². The van der Waals surface area contributed by atoms with Crippen molar-refractivity contribution < 1.29 is 4.74 Å². The first-order valence-corrected chi connectivity index (χ1v) is 22.3. The Hall–Kier alpha value is -7.76. The second kappa shape index (κ2) is 14.7. The summed E-state index contributed by atoms with van der Waals surface area (Å²) in [5.41, 5.74) is 21.1. The molecule has 64 heavy (non-hydrogen) atoms. The Bertz CT molecular complexity index is 3250. The smallest absolute Gasteiger partial charge is 0.252 e. The molecule has 0 aliphatic carbocycles. The molecule has 9 aromatic carbocycles. The molecular weight excluding hydrogens is 777 g/mol. The standard InChI is InChI=1S/C59H46BN3O/c1-39-22-27-44(28-23-39)62-52-34-24-40(2)36-51(52)60-50-33-31-47(38-55(50)63(54-20-13-19-53(62)58(54)60)45-29-25-42(26-30-45)41-14-7-5-8-15-41)61(43-16-9-6-10-17-43)46-32-35-57-49(37-46)59(3,4)48-18-11-12-21-56(48)64-57/h5-38H,1-4H3. The van der Waals surface area contributed by atoms with Gasteiger partial charge < -0.3 is 19.4 Å². The van der Waals surface area contributed by atoms with E-state index in [0.29, 0.717) is 0 Å². The lowest BCUT2D eigenvalue weighted by molar-refractivity contribution is 0.418. The molecule has 5 heteroatoms. The topological polar surface area (TPSA) is 19.0 Å². The predicted molar refractivity (Wildman–Crippen MR) is 269 cm³/mol. The minimum absolute atomic E-state index is 0.0126. The molecule has 0 unspecified atom stereocenters. The number of nitrogens with zero attached hydrogens (tertiary/aromatic N) is 3. The number of ether oxygens (including phenoxy) is 1. The van der Waals surface area contributed by atoms with Crippen LogP contribution >= 0.6 is 0 Å². The molecule has 0 radical (unpaired) electrons. The molecule has 0 saturated heterocycles. The third-order valence-corrected chi connectivity index (χ3v) is 13.6. The van der Waals surface area contributed by atoms with Crippen molar-refractivity contribution in [3.63, 3.8) is 0 Å². The van der Waals surface area contributed by atoms with Crippen LogP contribution in [0.1, 0.15) is 36.1 Å². The maximum atomic E-state index is 6.56. The Kier molecular flexibility index (Phi) is 8.71. The van der Waals surface area contributed by atoms with Crippen molar-refractivity contribution in [1.82, 2.24) is 0 Å². The molecule has 0 bridgehead atoms.